The molecule has 0 spiro atoms. The summed E-state index contributed by atoms with van der Waals surface area (Å²) in [7, 11) is 1.67. The molecule has 0 aliphatic carbocycles. The predicted molar refractivity (Wildman–Crippen MR) is 103 cm³/mol. The third-order valence-corrected chi connectivity index (χ3v) is 3.83. The predicted octanol–water partition coefficient (Wildman–Crippen LogP) is 3.29. The quantitative estimate of drug-likeness (QED) is 0.550. The summed E-state index contributed by atoms with van der Waals surface area (Å²) in [5, 5.41) is 9.13. The van der Waals surface area contributed by atoms with Crippen LogP contribution in [0.25, 0.3) is 0 Å². The molecule has 1 amide bonds. The minimum atomic E-state index is -0.241. The molecule has 5 nitrogen and oxygen atoms in total. The first-order chi connectivity index (χ1) is 12.5. The number of nitrogens with one attached hydrogen (secondary N) is 3. The Morgan fingerprint density at radius 3 is 2.31 bits per heavy atom. The van der Waals surface area contributed by atoms with Gasteiger partial charge in [-0.25, -0.2) is 4.39 Å². The standard InChI is InChI=1S/C20H25FN4O/c1-14(2)19(26)25-17-10-8-15(9-11-17)12-23-20(22-3)24-13-16-6-4-5-7-18(16)21/h4-11,14H,12-13H2,1-3H3,(H,25,26)(H2,22,23,24). The van der Waals surface area contributed by atoms with Gasteiger partial charge in [0.05, 0.1) is 0 Å². The van der Waals surface area contributed by atoms with E-state index in [1.807, 2.05) is 38.1 Å². The van der Waals surface area contributed by atoms with Crippen LogP contribution in [-0.4, -0.2) is 18.9 Å². The highest BCUT2D eigenvalue weighted by Crippen LogP contribution is 2.11. The fourth-order valence-corrected chi connectivity index (χ4v) is 2.22. The lowest BCUT2D eigenvalue weighted by Crippen LogP contribution is -2.36. The van der Waals surface area contributed by atoms with Gasteiger partial charge in [-0.15, -0.1) is 0 Å². The summed E-state index contributed by atoms with van der Waals surface area (Å²) >= 11 is 0. The van der Waals surface area contributed by atoms with E-state index < -0.39 is 0 Å². The van der Waals surface area contributed by atoms with Gasteiger partial charge in [0, 0.05) is 37.3 Å². The zero-order valence-corrected chi connectivity index (χ0v) is 15.3. The Morgan fingerprint density at radius 2 is 1.69 bits per heavy atom. The minimum Gasteiger partial charge on any atom is -0.352 e. The van der Waals surface area contributed by atoms with Crippen LogP contribution >= 0.6 is 0 Å². The molecular formula is C20H25FN4O. The van der Waals surface area contributed by atoms with E-state index in [4.69, 9.17) is 0 Å². The summed E-state index contributed by atoms with van der Waals surface area (Å²) in [6.07, 6.45) is 0. The number of carbonyl (C=O) groups is 1. The molecule has 0 bridgehead atoms. The van der Waals surface area contributed by atoms with Crippen LogP contribution in [-0.2, 0) is 17.9 Å². The molecule has 0 heterocycles. The molecule has 0 aliphatic heterocycles. The zero-order chi connectivity index (χ0) is 18.9. The number of rotatable bonds is 6. The average molecular weight is 356 g/mol. The van der Waals surface area contributed by atoms with E-state index in [2.05, 4.69) is 20.9 Å². The first-order valence-electron chi connectivity index (χ1n) is 8.57. The SMILES string of the molecule is CN=C(NCc1ccc(NC(=O)C(C)C)cc1)NCc1ccccc1F. The Hall–Kier alpha value is -2.89. The van der Waals surface area contributed by atoms with Gasteiger partial charge < -0.3 is 16.0 Å². The maximum absolute atomic E-state index is 13.6. The summed E-state index contributed by atoms with van der Waals surface area (Å²) in [6.45, 7) is 4.63. The van der Waals surface area contributed by atoms with E-state index in [-0.39, 0.29) is 17.6 Å². The van der Waals surface area contributed by atoms with E-state index in [0.717, 1.165) is 11.3 Å². The summed E-state index contributed by atoms with van der Waals surface area (Å²) in [6, 6.07) is 14.3. The molecule has 0 atom stereocenters. The van der Waals surface area contributed by atoms with E-state index >= 15 is 0 Å². The highest BCUT2D eigenvalue weighted by atomic mass is 19.1. The summed E-state index contributed by atoms with van der Waals surface area (Å²) in [4.78, 5) is 15.8. The number of guanidine groups is 1. The Kier molecular flexibility index (Phi) is 7.14. The van der Waals surface area contributed by atoms with Crippen molar-refractivity contribution in [3.63, 3.8) is 0 Å². The van der Waals surface area contributed by atoms with E-state index in [1.165, 1.54) is 6.07 Å². The van der Waals surface area contributed by atoms with Crippen LogP contribution in [0, 0.1) is 11.7 Å². The highest BCUT2D eigenvalue weighted by Gasteiger charge is 2.07. The Bertz CT molecular complexity index is 757. The Morgan fingerprint density at radius 1 is 1.04 bits per heavy atom. The molecule has 0 fully saturated rings. The second-order valence-corrected chi connectivity index (χ2v) is 6.21. The van der Waals surface area contributed by atoms with Crippen molar-refractivity contribution in [3.05, 3.63) is 65.5 Å². The third-order valence-electron chi connectivity index (χ3n) is 3.83. The first-order valence-corrected chi connectivity index (χ1v) is 8.57. The zero-order valence-electron chi connectivity index (χ0n) is 15.3. The molecule has 2 aromatic carbocycles. The Labute approximate surface area is 153 Å². The van der Waals surface area contributed by atoms with Gasteiger partial charge in [0.15, 0.2) is 5.96 Å². The molecule has 0 radical (unpaired) electrons. The third kappa shape index (κ3) is 5.88. The van der Waals surface area contributed by atoms with Gasteiger partial charge in [-0.2, -0.15) is 0 Å². The fraction of sp³-hybridized carbons (Fsp3) is 0.300. The first kappa shape index (κ1) is 19.4. The van der Waals surface area contributed by atoms with Crippen molar-refractivity contribution in [2.45, 2.75) is 26.9 Å². The second kappa shape index (κ2) is 9.56. The summed E-state index contributed by atoms with van der Waals surface area (Å²) in [5.41, 5.74) is 2.40. The number of aliphatic imine (C=N–C) groups is 1. The number of amides is 1. The van der Waals surface area contributed by atoms with E-state index in [9.17, 15) is 9.18 Å². The molecule has 0 unspecified atom stereocenters. The lowest BCUT2D eigenvalue weighted by atomic mass is 10.1. The van der Waals surface area contributed by atoms with Gasteiger partial charge >= 0.3 is 0 Å². The van der Waals surface area contributed by atoms with E-state index in [0.29, 0.717) is 24.6 Å². The molecule has 6 heteroatoms. The van der Waals surface area contributed by atoms with Gasteiger partial charge in [0.1, 0.15) is 5.82 Å². The van der Waals surface area contributed by atoms with Gasteiger partial charge in [0.2, 0.25) is 5.91 Å². The van der Waals surface area contributed by atoms with Gasteiger partial charge in [0.25, 0.3) is 0 Å². The number of nitrogens with zero attached hydrogens (tertiary/aromatic N) is 1. The number of hydrogen-bond donors (Lipinski definition) is 3. The molecule has 2 aromatic rings. The average Bonchev–Trinajstić information content (AvgIpc) is 2.64. The normalized spacial score (nSPS) is 11.3. The number of anilines is 1. The molecule has 2 rings (SSSR count). The molecule has 0 saturated heterocycles. The topological polar surface area (TPSA) is 65.5 Å². The van der Waals surface area contributed by atoms with E-state index in [1.54, 1.807) is 25.2 Å². The number of carbonyl (C=O) groups excluding carboxylic acids is 1. The summed E-state index contributed by atoms with van der Waals surface area (Å²) in [5.74, 6) is 0.286. The van der Waals surface area contributed by atoms with Gasteiger partial charge in [-0.05, 0) is 23.8 Å². The van der Waals surface area contributed by atoms with Crippen LogP contribution in [0.3, 0.4) is 0 Å². The van der Waals surface area contributed by atoms with Crippen LogP contribution in [0.1, 0.15) is 25.0 Å². The lowest BCUT2D eigenvalue weighted by Gasteiger charge is -2.13. The number of halogens is 1. The molecule has 0 saturated carbocycles. The van der Waals surface area contributed by atoms with Crippen molar-refractivity contribution in [1.29, 1.82) is 0 Å². The van der Waals surface area contributed by atoms with Crippen molar-refractivity contribution in [1.82, 2.24) is 10.6 Å². The van der Waals surface area contributed by atoms with Crippen molar-refractivity contribution in [3.8, 4) is 0 Å². The van der Waals surface area contributed by atoms with Crippen LogP contribution in [0.15, 0.2) is 53.5 Å². The molecule has 26 heavy (non-hydrogen) atoms. The maximum Gasteiger partial charge on any atom is 0.226 e. The second-order valence-electron chi connectivity index (χ2n) is 6.21. The van der Waals surface area contributed by atoms with Crippen molar-refractivity contribution in [2.75, 3.05) is 12.4 Å². The fourth-order valence-electron chi connectivity index (χ4n) is 2.22. The minimum absolute atomic E-state index is 0.00591. The van der Waals surface area contributed by atoms with Crippen LogP contribution in [0.5, 0.6) is 0 Å². The molecule has 138 valence electrons. The van der Waals surface area contributed by atoms with Crippen LogP contribution < -0.4 is 16.0 Å². The largest absolute Gasteiger partial charge is 0.352 e. The smallest absolute Gasteiger partial charge is 0.226 e. The van der Waals surface area contributed by atoms with Crippen LogP contribution in [0.4, 0.5) is 10.1 Å². The Balaban J connectivity index is 1.84. The van der Waals surface area contributed by atoms with Gasteiger partial charge in [-0.3, -0.25) is 9.79 Å². The van der Waals surface area contributed by atoms with Gasteiger partial charge in [-0.1, -0.05) is 44.2 Å². The monoisotopic (exact) mass is 356 g/mol. The van der Waals surface area contributed by atoms with Crippen molar-refractivity contribution >= 4 is 17.6 Å². The van der Waals surface area contributed by atoms with Crippen LogP contribution in [0.2, 0.25) is 0 Å². The number of hydrogen-bond acceptors (Lipinski definition) is 2. The maximum atomic E-state index is 13.6. The molecule has 3 N–H and O–H groups in total. The molecular weight excluding hydrogens is 331 g/mol. The molecule has 0 aliphatic rings. The van der Waals surface area contributed by atoms with Crippen molar-refractivity contribution < 1.29 is 9.18 Å². The highest BCUT2D eigenvalue weighted by molar-refractivity contribution is 5.92. The van der Waals surface area contributed by atoms with Crippen molar-refractivity contribution in [2.24, 2.45) is 10.9 Å². The molecule has 0 aromatic heterocycles. The summed E-state index contributed by atoms with van der Waals surface area (Å²) < 4.78 is 13.6. The number of benzene rings is 2. The lowest BCUT2D eigenvalue weighted by molar-refractivity contribution is -0.118.